The highest BCUT2D eigenvalue weighted by Gasteiger charge is 2.37. The fourth-order valence-electron chi connectivity index (χ4n) is 3.43. The highest BCUT2D eigenvalue weighted by Crippen LogP contribution is 2.46. The average Bonchev–Trinajstić information content (AvgIpc) is 2.56. The Morgan fingerprint density at radius 1 is 0.786 bits per heavy atom. The van der Waals surface area contributed by atoms with Gasteiger partial charge in [0.05, 0.1) is 0 Å². The van der Waals surface area contributed by atoms with Crippen LogP contribution in [0.2, 0.25) is 0 Å². The van der Waals surface area contributed by atoms with Gasteiger partial charge in [0.25, 0.3) is 0 Å². The molecule has 3 rings (SSSR count). The van der Waals surface area contributed by atoms with Crippen LogP contribution in [0.1, 0.15) is 43.2 Å². The van der Waals surface area contributed by atoms with Crippen molar-refractivity contribution in [1.82, 2.24) is 0 Å². The molecule has 1 aromatic carbocycles. The zero-order chi connectivity index (χ0) is 9.43. The van der Waals surface area contributed by atoms with Gasteiger partial charge >= 0.3 is 0 Å². The third-order valence-electron chi connectivity index (χ3n) is 4.16. The molecule has 14 heavy (non-hydrogen) atoms. The second-order valence-electron chi connectivity index (χ2n) is 5.18. The predicted molar refractivity (Wildman–Crippen MR) is 59.4 cm³/mol. The number of fused-ring (bicyclic) bond motifs is 1. The molecule has 0 radical (unpaired) electrons. The van der Waals surface area contributed by atoms with Crippen LogP contribution in [-0.4, -0.2) is 0 Å². The van der Waals surface area contributed by atoms with Gasteiger partial charge in [0.2, 0.25) is 0 Å². The van der Waals surface area contributed by atoms with Gasteiger partial charge in [-0.05, 0) is 42.2 Å². The van der Waals surface area contributed by atoms with E-state index in [1.165, 1.54) is 44.9 Å². The van der Waals surface area contributed by atoms with Crippen LogP contribution in [0, 0.1) is 5.41 Å². The fraction of sp³-hybridized carbons (Fsp3) is 0.571. The maximum absolute atomic E-state index is 2.33. The number of rotatable bonds is 0. The largest absolute Gasteiger partial charge is 0.0620 e. The van der Waals surface area contributed by atoms with Crippen LogP contribution < -0.4 is 0 Å². The van der Waals surface area contributed by atoms with E-state index in [2.05, 4.69) is 24.3 Å². The molecule has 1 spiro atoms. The first kappa shape index (κ1) is 8.52. The first-order valence-electron chi connectivity index (χ1n) is 5.95. The predicted octanol–water partition coefficient (Wildman–Crippen LogP) is 3.74. The summed E-state index contributed by atoms with van der Waals surface area (Å²) in [6.07, 6.45) is 10.1. The number of hydrogen-bond donors (Lipinski definition) is 0. The molecule has 2 aliphatic carbocycles. The maximum atomic E-state index is 2.33. The molecular formula is C14H18. The Bertz CT molecular complexity index is 305. The summed E-state index contributed by atoms with van der Waals surface area (Å²) in [6.45, 7) is 0. The van der Waals surface area contributed by atoms with Crippen LogP contribution in [0.15, 0.2) is 24.3 Å². The summed E-state index contributed by atoms with van der Waals surface area (Å²) in [5.41, 5.74) is 3.95. The quantitative estimate of drug-likeness (QED) is 0.579. The van der Waals surface area contributed by atoms with Crippen LogP contribution in [0.5, 0.6) is 0 Å². The SMILES string of the molecule is c1ccc2c(c1)CC1(CCCCC1)C2. The number of hydrogen-bond acceptors (Lipinski definition) is 0. The summed E-state index contributed by atoms with van der Waals surface area (Å²) in [7, 11) is 0. The Morgan fingerprint density at radius 3 is 1.93 bits per heavy atom. The van der Waals surface area contributed by atoms with E-state index in [0.717, 1.165) is 0 Å². The Balaban J connectivity index is 1.89. The van der Waals surface area contributed by atoms with Crippen molar-refractivity contribution >= 4 is 0 Å². The fourth-order valence-corrected chi connectivity index (χ4v) is 3.43. The average molecular weight is 186 g/mol. The lowest BCUT2D eigenvalue weighted by molar-refractivity contribution is 0.203. The van der Waals surface area contributed by atoms with Crippen molar-refractivity contribution in [1.29, 1.82) is 0 Å². The van der Waals surface area contributed by atoms with Gasteiger partial charge in [-0.2, -0.15) is 0 Å². The molecule has 0 aliphatic heterocycles. The molecule has 0 bridgehead atoms. The van der Waals surface area contributed by atoms with Crippen molar-refractivity contribution in [3.63, 3.8) is 0 Å². The van der Waals surface area contributed by atoms with Gasteiger partial charge in [-0.1, -0.05) is 43.5 Å². The van der Waals surface area contributed by atoms with Crippen molar-refractivity contribution in [2.24, 2.45) is 5.41 Å². The molecule has 0 N–H and O–H groups in total. The van der Waals surface area contributed by atoms with Crippen LogP contribution >= 0.6 is 0 Å². The molecular weight excluding hydrogens is 168 g/mol. The molecule has 2 aliphatic rings. The molecule has 1 aromatic rings. The zero-order valence-corrected chi connectivity index (χ0v) is 8.76. The van der Waals surface area contributed by atoms with Gasteiger partial charge in [0.15, 0.2) is 0 Å². The van der Waals surface area contributed by atoms with E-state index in [4.69, 9.17) is 0 Å². The lowest BCUT2D eigenvalue weighted by Gasteiger charge is -2.33. The van der Waals surface area contributed by atoms with Crippen molar-refractivity contribution < 1.29 is 0 Å². The van der Waals surface area contributed by atoms with Crippen LogP contribution in [0.3, 0.4) is 0 Å². The molecule has 74 valence electrons. The maximum Gasteiger partial charge on any atom is -0.0216 e. The monoisotopic (exact) mass is 186 g/mol. The first-order chi connectivity index (χ1) is 6.88. The van der Waals surface area contributed by atoms with Gasteiger partial charge in [0.1, 0.15) is 0 Å². The molecule has 0 nitrogen and oxygen atoms in total. The lowest BCUT2D eigenvalue weighted by Crippen LogP contribution is -2.24. The van der Waals surface area contributed by atoms with Crippen molar-refractivity contribution in [2.45, 2.75) is 44.9 Å². The molecule has 0 heterocycles. The highest BCUT2D eigenvalue weighted by atomic mass is 14.4. The third kappa shape index (κ3) is 1.28. The molecule has 0 unspecified atom stereocenters. The topological polar surface area (TPSA) is 0 Å². The summed E-state index contributed by atoms with van der Waals surface area (Å²) < 4.78 is 0. The van der Waals surface area contributed by atoms with Gasteiger partial charge in [-0.3, -0.25) is 0 Å². The molecule has 0 aromatic heterocycles. The first-order valence-corrected chi connectivity index (χ1v) is 5.95. The summed E-state index contributed by atoms with van der Waals surface area (Å²) in [4.78, 5) is 0. The molecule has 1 fully saturated rings. The van der Waals surface area contributed by atoms with Crippen LogP contribution in [0.4, 0.5) is 0 Å². The van der Waals surface area contributed by atoms with Gasteiger partial charge in [-0.15, -0.1) is 0 Å². The Hall–Kier alpha value is -0.780. The molecule has 0 atom stereocenters. The molecule has 0 heteroatoms. The zero-order valence-electron chi connectivity index (χ0n) is 8.76. The van der Waals surface area contributed by atoms with Crippen LogP contribution in [-0.2, 0) is 12.8 Å². The van der Waals surface area contributed by atoms with E-state index in [9.17, 15) is 0 Å². The molecule has 1 saturated carbocycles. The molecule has 0 saturated heterocycles. The molecule has 0 amide bonds. The third-order valence-corrected chi connectivity index (χ3v) is 4.16. The normalized spacial score (nSPS) is 23.7. The minimum atomic E-state index is 0.682. The summed E-state index contributed by atoms with van der Waals surface area (Å²) >= 11 is 0. The second kappa shape index (κ2) is 3.12. The van der Waals surface area contributed by atoms with Crippen molar-refractivity contribution in [3.8, 4) is 0 Å². The van der Waals surface area contributed by atoms with Gasteiger partial charge in [-0.25, -0.2) is 0 Å². The van der Waals surface area contributed by atoms with E-state index >= 15 is 0 Å². The van der Waals surface area contributed by atoms with Gasteiger partial charge in [0, 0.05) is 0 Å². The van der Waals surface area contributed by atoms with Crippen molar-refractivity contribution in [2.75, 3.05) is 0 Å². The lowest BCUT2D eigenvalue weighted by atomic mass is 9.72. The Kier molecular flexibility index (Phi) is 1.90. The van der Waals surface area contributed by atoms with Crippen molar-refractivity contribution in [3.05, 3.63) is 35.4 Å². The van der Waals surface area contributed by atoms with E-state index in [-0.39, 0.29) is 0 Å². The minimum absolute atomic E-state index is 0.682. The van der Waals surface area contributed by atoms with Gasteiger partial charge < -0.3 is 0 Å². The van der Waals surface area contributed by atoms with E-state index in [1.807, 2.05) is 0 Å². The Morgan fingerprint density at radius 2 is 1.36 bits per heavy atom. The summed E-state index contributed by atoms with van der Waals surface area (Å²) in [5, 5.41) is 0. The standard InChI is InChI=1S/C14H18/c1-4-8-14(9-5-1)10-12-6-2-3-7-13(12)11-14/h2-3,6-7H,1,4-5,8-11H2. The minimum Gasteiger partial charge on any atom is -0.0620 e. The van der Waals surface area contributed by atoms with E-state index in [1.54, 1.807) is 11.1 Å². The summed E-state index contributed by atoms with van der Waals surface area (Å²) in [5.74, 6) is 0. The van der Waals surface area contributed by atoms with E-state index < -0.39 is 0 Å². The summed E-state index contributed by atoms with van der Waals surface area (Å²) in [6, 6.07) is 9.05. The Labute approximate surface area is 86.3 Å². The highest BCUT2D eigenvalue weighted by molar-refractivity contribution is 5.34. The smallest absolute Gasteiger partial charge is 0.0216 e. The van der Waals surface area contributed by atoms with E-state index in [0.29, 0.717) is 5.41 Å². The number of benzene rings is 1. The van der Waals surface area contributed by atoms with Crippen LogP contribution in [0.25, 0.3) is 0 Å². The second-order valence-corrected chi connectivity index (χ2v) is 5.18.